The van der Waals surface area contributed by atoms with Gasteiger partial charge in [-0.25, -0.2) is 14.8 Å². The van der Waals surface area contributed by atoms with Gasteiger partial charge in [0, 0.05) is 39.6 Å². The minimum Gasteiger partial charge on any atom is -0.444 e. The maximum atomic E-state index is 13.1. The molecule has 6 rings (SSSR count). The van der Waals surface area contributed by atoms with E-state index in [4.69, 9.17) is 29.4 Å². The third kappa shape index (κ3) is 6.44. The van der Waals surface area contributed by atoms with Gasteiger partial charge >= 0.3 is 6.09 Å². The van der Waals surface area contributed by atoms with E-state index in [9.17, 15) is 9.59 Å². The molecule has 2 aliphatic rings. The molecule has 2 saturated heterocycles. The van der Waals surface area contributed by atoms with Crippen molar-refractivity contribution in [2.75, 3.05) is 44.3 Å². The smallest absolute Gasteiger partial charge is 0.408 e. The fourth-order valence-electron chi connectivity index (χ4n) is 6.19. The van der Waals surface area contributed by atoms with Crippen LogP contribution in [0.3, 0.4) is 0 Å². The standard InChI is InChI=1S/C32H43N9O4/c1-20(33-31(43)45-32(3,4)5)29(42)40-13-11-22(12-14-40)19-25-35-26-27(38(25)6)36-30(37-28(26)39-15-17-44-18-16-39)41-21(2)34-23-9-7-8-10-24(23)41/h7-10,20,22H,11-19H2,1-6H3,(H,33,43)/t20-/m0/s1. The van der Waals surface area contributed by atoms with E-state index < -0.39 is 17.7 Å². The lowest BCUT2D eigenvalue weighted by Gasteiger charge is -2.33. The van der Waals surface area contributed by atoms with E-state index in [0.717, 1.165) is 72.0 Å². The number of carbonyl (C=O) groups excluding carboxylic acids is 2. The number of carbonyl (C=O) groups is 2. The highest BCUT2D eigenvalue weighted by Crippen LogP contribution is 2.30. The van der Waals surface area contributed by atoms with Crippen molar-refractivity contribution in [1.29, 1.82) is 0 Å². The largest absolute Gasteiger partial charge is 0.444 e. The van der Waals surface area contributed by atoms with Crippen molar-refractivity contribution in [2.45, 2.75) is 65.5 Å². The van der Waals surface area contributed by atoms with Crippen molar-refractivity contribution < 1.29 is 19.1 Å². The Labute approximate surface area is 262 Å². The number of likely N-dealkylation sites (tertiary alicyclic amines) is 1. The third-order valence-electron chi connectivity index (χ3n) is 8.52. The zero-order valence-electron chi connectivity index (χ0n) is 27.0. The first-order chi connectivity index (χ1) is 21.5. The predicted molar refractivity (Wildman–Crippen MR) is 171 cm³/mol. The summed E-state index contributed by atoms with van der Waals surface area (Å²) in [4.78, 5) is 49.3. The maximum absolute atomic E-state index is 13.1. The van der Waals surface area contributed by atoms with Crippen molar-refractivity contribution in [1.82, 2.24) is 39.3 Å². The van der Waals surface area contributed by atoms with Gasteiger partial charge in [-0.15, -0.1) is 0 Å². The fraction of sp³-hybridized carbons (Fsp3) is 0.562. The quantitative estimate of drug-likeness (QED) is 0.345. The summed E-state index contributed by atoms with van der Waals surface area (Å²) in [5, 5.41) is 2.67. The summed E-state index contributed by atoms with van der Waals surface area (Å²) in [7, 11) is 2.02. The Balaban J connectivity index is 1.22. The summed E-state index contributed by atoms with van der Waals surface area (Å²) >= 11 is 0. The Hall–Kier alpha value is -4.26. The normalized spacial score (nSPS) is 17.2. The molecule has 13 heteroatoms. The van der Waals surface area contributed by atoms with Gasteiger partial charge in [0.2, 0.25) is 11.9 Å². The maximum Gasteiger partial charge on any atom is 0.408 e. The second-order valence-electron chi connectivity index (χ2n) is 13.0. The number of morpholine rings is 1. The van der Waals surface area contributed by atoms with Gasteiger partial charge < -0.3 is 29.2 Å². The molecule has 5 heterocycles. The average Bonchev–Trinajstić information content (AvgIpc) is 3.51. The molecule has 13 nitrogen and oxygen atoms in total. The van der Waals surface area contributed by atoms with Crippen molar-refractivity contribution in [3.63, 3.8) is 0 Å². The lowest BCUT2D eigenvalue weighted by Crippen LogP contribution is -2.50. The van der Waals surface area contributed by atoms with Gasteiger partial charge in [-0.05, 0) is 65.5 Å². The number of para-hydroxylation sites is 2. The molecule has 2 fully saturated rings. The Morgan fingerprint density at radius 3 is 2.47 bits per heavy atom. The number of hydrogen-bond acceptors (Lipinski definition) is 9. The number of ether oxygens (including phenoxy) is 2. The SMILES string of the molecule is Cc1nc2ccccc2n1-c1nc(N2CCOCC2)c2nc(CC3CCN(C(=O)[C@H](C)NC(=O)OC(C)(C)C)CC3)n(C)c2n1. The fourth-order valence-corrected chi connectivity index (χ4v) is 6.19. The van der Waals surface area contributed by atoms with E-state index in [1.165, 1.54) is 0 Å². The van der Waals surface area contributed by atoms with Crippen molar-refractivity contribution in [3.8, 4) is 5.95 Å². The number of amides is 2. The van der Waals surface area contributed by atoms with E-state index in [-0.39, 0.29) is 5.91 Å². The number of imidazole rings is 2. The van der Waals surface area contributed by atoms with Crippen LogP contribution < -0.4 is 10.2 Å². The highest BCUT2D eigenvalue weighted by atomic mass is 16.6. The zero-order chi connectivity index (χ0) is 31.9. The van der Waals surface area contributed by atoms with Crippen molar-refractivity contribution >= 4 is 40.0 Å². The van der Waals surface area contributed by atoms with E-state index in [1.54, 1.807) is 27.7 Å². The summed E-state index contributed by atoms with van der Waals surface area (Å²) < 4.78 is 15.0. The molecule has 4 aromatic rings. The van der Waals surface area contributed by atoms with E-state index in [0.29, 0.717) is 38.2 Å². The second-order valence-corrected chi connectivity index (χ2v) is 13.0. The van der Waals surface area contributed by atoms with Crippen LogP contribution in [-0.4, -0.2) is 97.0 Å². The molecular formula is C32H43N9O4. The van der Waals surface area contributed by atoms with Gasteiger partial charge in [0.25, 0.3) is 0 Å². The number of alkyl carbamates (subject to hydrolysis) is 1. The molecule has 1 N–H and O–H groups in total. The molecule has 2 amide bonds. The van der Waals surface area contributed by atoms with Crippen LogP contribution in [0.25, 0.3) is 28.1 Å². The number of piperidine rings is 1. The van der Waals surface area contributed by atoms with Crippen LogP contribution in [0.4, 0.5) is 10.6 Å². The number of aromatic nitrogens is 6. The first kappa shape index (κ1) is 30.8. The number of nitrogens with zero attached hydrogens (tertiary/aromatic N) is 8. The molecule has 45 heavy (non-hydrogen) atoms. The summed E-state index contributed by atoms with van der Waals surface area (Å²) in [5.41, 5.74) is 2.81. The summed E-state index contributed by atoms with van der Waals surface area (Å²) in [5.74, 6) is 3.42. The van der Waals surface area contributed by atoms with Crippen LogP contribution in [0, 0.1) is 12.8 Å². The number of benzene rings is 1. The second kappa shape index (κ2) is 12.3. The lowest BCUT2D eigenvalue weighted by atomic mass is 9.93. The molecule has 2 aliphatic heterocycles. The molecule has 0 unspecified atom stereocenters. The highest BCUT2D eigenvalue weighted by molar-refractivity contribution is 5.86. The Bertz CT molecular complexity index is 1710. The van der Waals surface area contributed by atoms with Gasteiger partial charge in [0.15, 0.2) is 17.0 Å². The molecule has 0 spiro atoms. The van der Waals surface area contributed by atoms with Gasteiger partial charge in [0.1, 0.15) is 23.3 Å². The average molecular weight is 618 g/mol. The van der Waals surface area contributed by atoms with Crippen molar-refractivity contribution in [2.24, 2.45) is 13.0 Å². The molecule has 1 atom stereocenters. The lowest BCUT2D eigenvalue weighted by molar-refractivity contribution is -0.134. The molecule has 0 bridgehead atoms. The highest BCUT2D eigenvalue weighted by Gasteiger charge is 2.30. The van der Waals surface area contributed by atoms with Crippen LogP contribution in [0.2, 0.25) is 0 Å². The summed E-state index contributed by atoms with van der Waals surface area (Å²) in [6.07, 6.45) is 1.88. The van der Waals surface area contributed by atoms with Crippen LogP contribution in [-0.2, 0) is 27.7 Å². The van der Waals surface area contributed by atoms with Crippen LogP contribution in [0.15, 0.2) is 24.3 Å². The molecule has 240 valence electrons. The van der Waals surface area contributed by atoms with Gasteiger partial charge in [-0.1, -0.05) is 12.1 Å². The van der Waals surface area contributed by atoms with Crippen molar-refractivity contribution in [3.05, 3.63) is 35.9 Å². The van der Waals surface area contributed by atoms with Gasteiger partial charge in [-0.2, -0.15) is 9.97 Å². The number of rotatable bonds is 6. The Morgan fingerprint density at radius 1 is 1.04 bits per heavy atom. The van der Waals surface area contributed by atoms with Crippen LogP contribution >= 0.6 is 0 Å². The molecule has 0 saturated carbocycles. The van der Waals surface area contributed by atoms with Crippen LogP contribution in [0.5, 0.6) is 0 Å². The first-order valence-corrected chi connectivity index (χ1v) is 15.8. The van der Waals surface area contributed by atoms with Gasteiger partial charge in [0.05, 0.1) is 24.2 Å². The number of hydrogen-bond donors (Lipinski definition) is 1. The Morgan fingerprint density at radius 2 is 1.76 bits per heavy atom. The number of nitrogens with one attached hydrogen (secondary N) is 1. The topological polar surface area (TPSA) is 133 Å². The minimum absolute atomic E-state index is 0.0951. The van der Waals surface area contributed by atoms with E-state index >= 15 is 0 Å². The van der Waals surface area contributed by atoms with Gasteiger partial charge in [-0.3, -0.25) is 9.36 Å². The number of aryl methyl sites for hydroxylation is 2. The molecule has 3 aromatic heterocycles. The number of anilines is 1. The number of fused-ring (bicyclic) bond motifs is 2. The van der Waals surface area contributed by atoms with E-state index in [2.05, 4.69) is 14.8 Å². The summed E-state index contributed by atoms with van der Waals surface area (Å²) in [6.45, 7) is 13.1. The zero-order valence-corrected chi connectivity index (χ0v) is 27.0. The molecule has 1 aromatic carbocycles. The third-order valence-corrected chi connectivity index (χ3v) is 8.52. The van der Waals surface area contributed by atoms with E-state index in [1.807, 2.05) is 47.7 Å². The predicted octanol–water partition coefficient (Wildman–Crippen LogP) is 3.54. The Kier molecular flexibility index (Phi) is 8.38. The first-order valence-electron chi connectivity index (χ1n) is 15.8. The summed E-state index contributed by atoms with van der Waals surface area (Å²) in [6, 6.07) is 7.37. The minimum atomic E-state index is -0.654. The monoisotopic (exact) mass is 617 g/mol. The van der Waals surface area contributed by atoms with Crippen LogP contribution in [0.1, 0.15) is 52.2 Å². The molecule has 0 aliphatic carbocycles. The molecule has 0 radical (unpaired) electrons. The molecular weight excluding hydrogens is 574 g/mol.